The SMILES string of the molecule is CCC(I)/C(=N\O)c1ccccc1. The van der Waals surface area contributed by atoms with E-state index < -0.39 is 0 Å². The molecule has 13 heavy (non-hydrogen) atoms. The molecule has 0 aliphatic heterocycles. The van der Waals surface area contributed by atoms with Crippen molar-refractivity contribution in [1.29, 1.82) is 0 Å². The average molecular weight is 289 g/mol. The van der Waals surface area contributed by atoms with Crippen LogP contribution in [-0.4, -0.2) is 14.8 Å². The first-order chi connectivity index (χ1) is 6.29. The van der Waals surface area contributed by atoms with E-state index in [4.69, 9.17) is 5.21 Å². The van der Waals surface area contributed by atoms with Gasteiger partial charge in [0, 0.05) is 5.56 Å². The molecule has 0 aromatic heterocycles. The molecule has 0 radical (unpaired) electrons. The molecule has 0 aliphatic rings. The summed E-state index contributed by atoms with van der Waals surface area (Å²) in [5, 5.41) is 12.2. The zero-order chi connectivity index (χ0) is 9.68. The minimum atomic E-state index is 0.269. The van der Waals surface area contributed by atoms with Gasteiger partial charge in [-0.3, -0.25) is 0 Å². The first kappa shape index (κ1) is 10.5. The monoisotopic (exact) mass is 289 g/mol. The van der Waals surface area contributed by atoms with Gasteiger partial charge in [-0.2, -0.15) is 0 Å². The fourth-order valence-electron chi connectivity index (χ4n) is 1.10. The van der Waals surface area contributed by atoms with Crippen LogP contribution in [-0.2, 0) is 0 Å². The molecule has 1 atom stereocenters. The Balaban J connectivity index is 2.93. The molecule has 0 saturated carbocycles. The highest BCUT2D eigenvalue weighted by Gasteiger charge is 2.12. The van der Waals surface area contributed by atoms with Gasteiger partial charge in [-0.05, 0) is 6.42 Å². The van der Waals surface area contributed by atoms with Crippen LogP contribution in [0.3, 0.4) is 0 Å². The molecule has 2 nitrogen and oxygen atoms in total. The van der Waals surface area contributed by atoms with Crippen LogP contribution in [0.4, 0.5) is 0 Å². The van der Waals surface area contributed by atoms with Gasteiger partial charge in [0.05, 0.1) is 9.64 Å². The third-order valence-corrected chi connectivity index (χ3v) is 3.30. The van der Waals surface area contributed by atoms with Gasteiger partial charge in [0.2, 0.25) is 0 Å². The van der Waals surface area contributed by atoms with Crippen molar-refractivity contribution in [2.75, 3.05) is 0 Å². The molecule has 0 spiro atoms. The number of hydrogen-bond acceptors (Lipinski definition) is 2. The highest BCUT2D eigenvalue weighted by molar-refractivity contribution is 14.1. The molecular weight excluding hydrogens is 277 g/mol. The van der Waals surface area contributed by atoms with Crippen molar-refractivity contribution >= 4 is 28.3 Å². The topological polar surface area (TPSA) is 32.6 Å². The van der Waals surface area contributed by atoms with Crippen LogP contribution in [0, 0.1) is 0 Å². The Labute approximate surface area is 91.8 Å². The molecule has 0 saturated heterocycles. The van der Waals surface area contributed by atoms with Gasteiger partial charge in [0.15, 0.2) is 0 Å². The standard InChI is InChI=1S/C10H12INO/c1-2-9(11)10(12-13)8-6-4-3-5-7-8/h3-7,9,13H,2H2,1H3/b12-10-. The first-order valence-corrected chi connectivity index (χ1v) is 5.45. The molecule has 1 rings (SSSR count). The molecule has 1 N–H and O–H groups in total. The normalized spacial score (nSPS) is 14.2. The second-order valence-corrected chi connectivity index (χ2v) is 4.23. The largest absolute Gasteiger partial charge is 0.411 e. The smallest absolute Gasteiger partial charge is 0.0995 e. The Hall–Kier alpha value is -0.580. The summed E-state index contributed by atoms with van der Waals surface area (Å²) in [6.45, 7) is 2.07. The lowest BCUT2D eigenvalue weighted by Gasteiger charge is -2.08. The molecule has 0 fully saturated rings. The van der Waals surface area contributed by atoms with Gasteiger partial charge < -0.3 is 5.21 Å². The molecule has 1 aromatic rings. The lowest BCUT2D eigenvalue weighted by molar-refractivity contribution is 0.318. The van der Waals surface area contributed by atoms with Gasteiger partial charge in [-0.25, -0.2) is 0 Å². The minimum absolute atomic E-state index is 0.269. The highest BCUT2D eigenvalue weighted by Crippen LogP contribution is 2.14. The number of alkyl halides is 1. The fraction of sp³-hybridized carbons (Fsp3) is 0.300. The van der Waals surface area contributed by atoms with Crippen LogP contribution in [0.15, 0.2) is 35.5 Å². The van der Waals surface area contributed by atoms with E-state index in [1.807, 2.05) is 30.3 Å². The first-order valence-electron chi connectivity index (χ1n) is 4.21. The molecule has 0 aliphatic carbocycles. The summed E-state index contributed by atoms with van der Waals surface area (Å²) in [7, 11) is 0. The third kappa shape index (κ3) is 2.69. The quantitative estimate of drug-likeness (QED) is 0.299. The van der Waals surface area contributed by atoms with Crippen molar-refractivity contribution in [3.05, 3.63) is 35.9 Å². The van der Waals surface area contributed by atoms with E-state index in [1.54, 1.807) is 0 Å². The van der Waals surface area contributed by atoms with Crippen LogP contribution >= 0.6 is 22.6 Å². The average Bonchev–Trinajstić information content (AvgIpc) is 2.20. The summed E-state index contributed by atoms with van der Waals surface area (Å²) in [6, 6.07) is 9.75. The van der Waals surface area contributed by atoms with E-state index in [2.05, 4.69) is 34.7 Å². The summed E-state index contributed by atoms with van der Waals surface area (Å²) >= 11 is 2.28. The van der Waals surface area contributed by atoms with Crippen LogP contribution in [0.1, 0.15) is 18.9 Å². The van der Waals surface area contributed by atoms with E-state index in [0.717, 1.165) is 17.7 Å². The van der Waals surface area contributed by atoms with Gasteiger partial charge in [0.25, 0.3) is 0 Å². The highest BCUT2D eigenvalue weighted by atomic mass is 127. The van der Waals surface area contributed by atoms with Crippen molar-refractivity contribution in [1.82, 2.24) is 0 Å². The molecule has 0 amide bonds. The molecule has 1 unspecified atom stereocenters. The van der Waals surface area contributed by atoms with Crippen molar-refractivity contribution in [3.63, 3.8) is 0 Å². The number of hydrogen-bond donors (Lipinski definition) is 1. The van der Waals surface area contributed by atoms with E-state index in [1.165, 1.54) is 0 Å². The Morgan fingerprint density at radius 2 is 2.08 bits per heavy atom. The van der Waals surface area contributed by atoms with Crippen molar-refractivity contribution in [2.45, 2.75) is 17.3 Å². The van der Waals surface area contributed by atoms with E-state index in [9.17, 15) is 0 Å². The molecule has 1 aromatic carbocycles. The van der Waals surface area contributed by atoms with Crippen molar-refractivity contribution in [3.8, 4) is 0 Å². The zero-order valence-electron chi connectivity index (χ0n) is 7.44. The molecule has 0 bridgehead atoms. The van der Waals surface area contributed by atoms with Gasteiger partial charge >= 0.3 is 0 Å². The summed E-state index contributed by atoms with van der Waals surface area (Å²) in [5.74, 6) is 0. The van der Waals surface area contributed by atoms with Gasteiger partial charge in [0.1, 0.15) is 0 Å². The maximum absolute atomic E-state index is 8.86. The zero-order valence-corrected chi connectivity index (χ0v) is 9.60. The molecule has 0 heterocycles. The number of nitrogens with zero attached hydrogens (tertiary/aromatic N) is 1. The van der Waals surface area contributed by atoms with Crippen molar-refractivity contribution < 1.29 is 5.21 Å². The van der Waals surface area contributed by atoms with E-state index >= 15 is 0 Å². The van der Waals surface area contributed by atoms with E-state index in [0.29, 0.717) is 0 Å². The van der Waals surface area contributed by atoms with Crippen LogP contribution < -0.4 is 0 Å². The number of benzene rings is 1. The summed E-state index contributed by atoms with van der Waals surface area (Å²) in [5.41, 5.74) is 1.75. The maximum Gasteiger partial charge on any atom is 0.0995 e. The number of halogens is 1. The molecule has 3 heteroatoms. The maximum atomic E-state index is 8.86. The fourth-order valence-corrected chi connectivity index (χ4v) is 1.59. The second kappa shape index (κ2) is 5.21. The van der Waals surface area contributed by atoms with Gasteiger partial charge in [-0.1, -0.05) is 65.0 Å². The van der Waals surface area contributed by atoms with Crippen LogP contribution in [0.5, 0.6) is 0 Å². The van der Waals surface area contributed by atoms with Crippen LogP contribution in [0.25, 0.3) is 0 Å². The second-order valence-electron chi connectivity index (χ2n) is 2.73. The van der Waals surface area contributed by atoms with Crippen molar-refractivity contribution in [2.24, 2.45) is 5.16 Å². The molecular formula is C10H12INO. The van der Waals surface area contributed by atoms with E-state index in [-0.39, 0.29) is 3.92 Å². The summed E-state index contributed by atoms with van der Waals surface area (Å²) in [6.07, 6.45) is 0.967. The number of oxime groups is 1. The Morgan fingerprint density at radius 1 is 1.46 bits per heavy atom. The Bertz CT molecular complexity index is 284. The van der Waals surface area contributed by atoms with Gasteiger partial charge in [-0.15, -0.1) is 0 Å². The lowest BCUT2D eigenvalue weighted by Crippen LogP contribution is -2.14. The third-order valence-electron chi connectivity index (χ3n) is 1.83. The predicted octanol–water partition coefficient (Wildman–Crippen LogP) is 3.08. The summed E-state index contributed by atoms with van der Waals surface area (Å²) < 4.78 is 0.269. The lowest BCUT2D eigenvalue weighted by atomic mass is 10.1. The van der Waals surface area contributed by atoms with Crippen LogP contribution in [0.2, 0.25) is 0 Å². The minimum Gasteiger partial charge on any atom is -0.411 e. The Kier molecular flexibility index (Phi) is 4.21. The Morgan fingerprint density at radius 3 is 2.54 bits per heavy atom. The predicted molar refractivity (Wildman–Crippen MR) is 62.9 cm³/mol. The molecule has 70 valence electrons. The number of rotatable bonds is 3. The summed E-state index contributed by atoms with van der Waals surface area (Å²) in [4.78, 5) is 0.